The Morgan fingerprint density at radius 2 is 1.86 bits per heavy atom. The largest absolute Gasteiger partial charge is 0.494 e. The highest BCUT2D eigenvalue weighted by Crippen LogP contribution is 2.48. The van der Waals surface area contributed by atoms with Crippen molar-refractivity contribution in [3.8, 4) is 11.5 Å². The molecule has 2 aliphatic heterocycles. The standard InChI is InChI=1S/C24H21BrN2O2/c1-2-28-19-11-8-16(9-12-19)21-15-22-20-14-18(25)10-13-23(20)29-24(27(22)26-21)17-6-4-3-5-7-17/h3-14,22,24H,2,15H2,1H3/t22-,24+/m1/s1. The van der Waals surface area contributed by atoms with E-state index in [2.05, 4.69) is 51.3 Å². The molecule has 0 saturated carbocycles. The van der Waals surface area contributed by atoms with Gasteiger partial charge in [0.1, 0.15) is 11.5 Å². The second-order valence-corrected chi connectivity index (χ2v) is 8.08. The molecule has 2 atom stereocenters. The highest BCUT2D eigenvalue weighted by Gasteiger charge is 2.41. The molecule has 3 aromatic carbocycles. The number of fused-ring (bicyclic) bond motifs is 3. The van der Waals surface area contributed by atoms with Gasteiger partial charge < -0.3 is 9.47 Å². The third-order valence-electron chi connectivity index (χ3n) is 5.34. The fourth-order valence-electron chi connectivity index (χ4n) is 3.98. The van der Waals surface area contributed by atoms with Crippen LogP contribution in [0, 0.1) is 0 Å². The van der Waals surface area contributed by atoms with Gasteiger partial charge in [0.15, 0.2) is 0 Å². The van der Waals surface area contributed by atoms with Gasteiger partial charge in [0.25, 0.3) is 0 Å². The van der Waals surface area contributed by atoms with Gasteiger partial charge in [-0.05, 0) is 55.0 Å². The number of ether oxygens (including phenoxy) is 2. The van der Waals surface area contributed by atoms with Crippen molar-refractivity contribution in [3.63, 3.8) is 0 Å². The minimum atomic E-state index is -0.241. The first-order chi connectivity index (χ1) is 14.2. The van der Waals surface area contributed by atoms with Crippen LogP contribution in [0.1, 0.15) is 42.3 Å². The fourth-order valence-corrected chi connectivity index (χ4v) is 4.36. The van der Waals surface area contributed by atoms with E-state index in [0.29, 0.717) is 6.61 Å². The first-order valence-corrected chi connectivity index (χ1v) is 10.6. The lowest BCUT2D eigenvalue weighted by atomic mass is 9.96. The fraction of sp³-hybridized carbons (Fsp3) is 0.208. The molecule has 5 rings (SSSR count). The number of halogens is 1. The SMILES string of the molecule is CCOc1ccc(C2=NN3[C@H](C2)c2cc(Br)ccc2O[C@H]3c2ccccc2)cc1. The molecular formula is C24H21BrN2O2. The molecule has 2 aliphatic rings. The smallest absolute Gasteiger partial charge is 0.213 e. The Morgan fingerprint density at radius 1 is 1.07 bits per heavy atom. The Labute approximate surface area is 178 Å². The van der Waals surface area contributed by atoms with Gasteiger partial charge >= 0.3 is 0 Å². The van der Waals surface area contributed by atoms with Crippen LogP contribution >= 0.6 is 15.9 Å². The van der Waals surface area contributed by atoms with Gasteiger partial charge in [-0.2, -0.15) is 5.10 Å². The average Bonchev–Trinajstić information content (AvgIpc) is 3.20. The number of nitrogens with zero attached hydrogens (tertiary/aromatic N) is 2. The molecule has 146 valence electrons. The predicted octanol–water partition coefficient (Wildman–Crippen LogP) is 6.09. The molecule has 0 spiro atoms. The molecule has 0 fully saturated rings. The predicted molar refractivity (Wildman–Crippen MR) is 117 cm³/mol. The van der Waals surface area contributed by atoms with E-state index in [1.807, 2.05) is 49.4 Å². The zero-order valence-corrected chi connectivity index (χ0v) is 17.7. The molecule has 3 aromatic rings. The van der Waals surface area contributed by atoms with Crippen molar-refractivity contribution in [3.05, 3.63) is 94.0 Å². The van der Waals surface area contributed by atoms with Crippen molar-refractivity contribution in [2.75, 3.05) is 6.61 Å². The van der Waals surface area contributed by atoms with E-state index in [1.165, 1.54) is 0 Å². The Bertz CT molecular complexity index is 1050. The summed E-state index contributed by atoms with van der Waals surface area (Å²) in [5.74, 6) is 1.80. The third kappa shape index (κ3) is 3.40. The Kier molecular flexibility index (Phi) is 4.76. The molecule has 0 unspecified atom stereocenters. The van der Waals surface area contributed by atoms with Gasteiger partial charge in [0.2, 0.25) is 6.23 Å². The first-order valence-electron chi connectivity index (χ1n) is 9.83. The number of rotatable bonds is 4. The average molecular weight is 449 g/mol. The van der Waals surface area contributed by atoms with Crippen molar-refractivity contribution in [2.45, 2.75) is 25.6 Å². The maximum absolute atomic E-state index is 6.40. The van der Waals surface area contributed by atoms with Crippen LogP contribution in [0.15, 0.2) is 82.4 Å². The van der Waals surface area contributed by atoms with E-state index in [-0.39, 0.29) is 12.3 Å². The lowest BCUT2D eigenvalue weighted by Gasteiger charge is -2.38. The highest BCUT2D eigenvalue weighted by molar-refractivity contribution is 9.10. The minimum absolute atomic E-state index is 0.142. The van der Waals surface area contributed by atoms with Crippen LogP contribution in [-0.2, 0) is 0 Å². The maximum Gasteiger partial charge on any atom is 0.213 e. The number of hydrogen-bond donors (Lipinski definition) is 0. The molecule has 0 aromatic heterocycles. The van der Waals surface area contributed by atoms with Crippen molar-refractivity contribution >= 4 is 21.6 Å². The van der Waals surface area contributed by atoms with Crippen molar-refractivity contribution < 1.29 is 9.47 Å². The van der Waals surface area contributed by atoms with Gasteiger partial charge in [-0.3, -0.25) is 0 Å². The molecule has 2 heterocycles. The van der Waals surface area contributed by atoms with Crippen LogP contribution < -0.4 is 9.47 Å². The van der Waals surface area contributed by atoms with E-state index < -0.39 is 0 Å². The minimum Gasteiger partial charge on any atom is -0.494 e. The Morgan fingerprint density at radius 3 is 2.62 bits per heavy atom. The van der Waals surface area contributed by atoms with E-state index in [9.17, 15) is 0 Å². The van der Waals surface area contributed by atoms with Gasteiger partial charge in [0, 0.05) is 22.0 Å². The summed E-state index contributed by atoms with van der Waals surface area (Å²) < 4.78 is 13.0. The Hall–Kier alpha value is -2.79. The second kappa shape index (κ2) is 7.56. The second-order valence-electron chi connectivity index (χ2n) is 7.17. The zero-order valence-electron chi connectivity index (χ0n) is 16.1. The molecule has 4 nitrogen and oxygen atoms in total. The normalized spacial score (nSPS) is 19.8. The van der Waals surface area contributed by atoms with Crippen molar-refractivity contribution in [1.82, 2.24) is 5.01 Å². The lowest BCUT2D eigenvalue weighted by Crippen LogP contribution is -2.33. The van der Waals surface area contributed by atoms with Crippen LogP contribution in [0.4, 0.5) is 0 Å². The monoisotopic (exact) mass is 448 g/mol. The van der Waals surface area contributed by atoms with Gasteiger partial charge in [-0.1, -0.05) is 46.3 Å². The molecular weight excluding hydrogens is 428 g/mol. The van der Waals surface area contributed by atoms with Crippen molar-refractivity contribution in [2.24, 2.45) is 5.10 Å². The zero-order chi connectivity index (χ0) is 19.8. The molecule has 0 radical (unpaired) electrons. The summed E-state index contributed by atoms with van der Waals surface area (Å²) in [7, 11) is 0. The molecule has 0 aliphatic carbocycles. The van der Waals surface area contributed by atoms with Gasteiger partial charge in [-0.25, -0.2) is 5.01 Å². The molecule has 0 saturated heterocycles. The van der Waals surface area contributed by atoms with Crippen molar-refractivity contribution in [1.29, 1.82) is 0 Å². The first kappa shape index (κ1) is 18.3. The quantitative estimate of drug-likeness (QED) is 0.484. The van der Waals surface area contributed by atoms with E-state index >= 15 is 0 Å². The Balaban J connectivity index is 1.54. The van der Waals surface area contributed by atoms with Crippen LogP contribution in [0.25, 0.3) is 0 Å². The lowest BCUT2D eigenvalue weighted by molar-refractivity contribution is -0.0190. The van der Waals surface area contributed by atoms with Crippen LogP contribution in [0.3, 0.4) is 0 Å². The van der Waals surface area contributed by atoms with E-state index in [4.69, 9.17) is 14.6 Å². The summed E-state index contributed by atoms with van der Waals surface area (Å²) in [6, 6.07) is 24.8. The molecule has 29 heavy (non-hydrogen) atoms. The van der Waals surface area contributed by atoms with E-state index in [0.717, 1.165) is 44.8 Å². The molecule has 0 bridgehead atoms. The topological polar surface area (TPSA) is 34.1 Å². The molecule has 0 amide bonds. The van der Waals surface area contributed by atoms with E-state index in [1.54, 1.807) is 0 Å². The summed E-state index contributed by atoms with van der Waals surface area (Å²) in [6.07, 6.45) is 0.597. The van der Waals surface area contributed by atoms with Gasteiger partial charge in [0.05, 0.1) is 18.4 Å². The number of benzene rings is 3. The van der Waals surface area contributed by atoms with Crippen LogP contribution in [0.5, 0.6) is 11.5 Å². The summed E-state index contributed by atoms with van der Waals surface area (Å²) in [4.78, 5) is 0. The van der Waals surface area contributed by atoms with Crippen LogP contribution in [0.2, 0.25) is 0 Å². The highest BCUT2D eigenvalue weighted by atomic mass is 79.9. The summed E-state index contributed by atoms with van der Waals surface area (Å²) in [6.45, 7) is 2.66. The maximum atomic E-state index is 6.40. The van der Waals surface area contributed by atoms with Crippen LogP contribution in [-0.4, -0.2) is 17.3 Å². The summed E-state index contributed by atoms with van der Waals surface area (Å²) in [5, 5.41) is 7.12. The number of hydrogen-bond acceptors (Lipinski definition) is 4. The number of hydrazone groups is 1. The third-order valence-corrected chi connectivity index (χ3v) is 5.83. The van der Waals surface area contributed by atoms with Gasteiger partial charge in [-0.15, -0.1) is 0 Å². The molecule has 5 heteroatoms. The molecule has 0 N–H and O–H groups in total. The summed E-state index contributed by atoms with van der Waals surface area (Å²) >= 11 is 3.60. The summed E-state index contributed by atoms with van der Waals surface area (Å²) in [5.41, 5.74) is 4.45.